The maximum Gasteiger partial charge on any atom is 0.163 e. The Morgan fingerprint density at radius 3 is 2.42 bits per heavy atom. The van der Waals surface area contributed by atoms with E-state index in [0.717, 1.165) is 34.7 Å². The van der Waals surface area contributed by atoms with Crippen molar-refractivity contribution in [1.82, 2.24) is 0 Å². The smallest absolute Gasteiger partial charge is 0.163 e. The van der Waals surface area contributed by atoms with Crippen molar-refractivity contribution in [2.75, 3.05) is 0 Å². The number of benzene rings is 3. The first-order chi connectivity index (χ1) is 12.7. The lowest BCUT2D eigenvalue weighted by molar-refractivity contribution is -0.121. The third-order valence-electron chi connectivity index (χ3n) is 5.56. The molecule has 4 rings (SSSR count). The summed E-state index contributed by atoms with van der Waals surface area (Å²) in [6.45, 7) is 0. The van der Waals surface area contributed by atoms with Gasteiger partial charge in [0, 0.05) is 30.2 Å². The van der Waals surface area contributed by atoms with Crippen LogP contribution in [0.3, 0.4) is 0 Å². The molecule has 0 radical (unpaired) electrons. The van der Waals surface area contributed by atoms with Gasteiger partial charge in [0.1, 0.15) is 5.78 Å². The van der Waals surface area contributed by atoms with E-state index < -0.39 is 0 Å². The van der Waals surface area contributed by atoms with Crippen LogP contribution in [-0.4, -0.2) is 11.6 Å². The molecule has 0 saturated heterocycles. The van der Waals surface area contributed by atoms with Gasteiger partial charge in [0.2, 0.25) is 0 Å². The summed E-state index contributed by atoms with van der Waals surface area (Å²) in [5, 5.41) is 2.31. The van der Waals surface area contributed by atoms with Crippen LogP contribution in [-0.2, 0) is 4.79 Å². The van der Waals surface area contributed by atoms with Gasteiger partial charge in [-0.15, -0.1) is 0 Å². The Morgan fingerprint density at radius 2 is 1.65 bits per heavy atom. The lowest BCUT2D eigenvalue weighted by atomic mass is 9.78. The Bertz CT molecular complexity index is 937. The molecule has 26 heavy (non-hydrogen) atoms. The summed E-state index contributed by atoms with van der Waals surface area (Å²) in [7, 11) is 0. The van der Waals surface area contributed by atoms with Gasteiger partial charge in [0.05, 0.1) is 0 Å². The molecule has 0 spiro atoms. The van der Waals surface area contributed by atoms with Gasteiger partial charge < -0.3 is 0 Å². The zero-order chi connectivity index (χ0) is 17.9. The molecule has 2 nitrogen and oxygen atoms in total. The van der Waals surface area contributed by atoms with Gasteiger partial charge in [-0.2, -0.15) is 0 Å². The van der Waals surface area contributed by atoms with Crippen LogP contribution in [0.15, 0.2) is 72.8 Å². The highest BCUT2D eigenvalue weighted by atomic mass is 16.1. The van der Waals surface area contributed by atoms with Gasteiger partial charge in [-0.05, 0) is 29.2 Å². The molecular formula is C24H22O2. The SMILES string of the molecule is O=C(C[C@@H](c1cccc2ccccc12)[C@@H]1CCCC1=O)c1ccccc1. The number of Topliss-reactive ketones (excluding diaryl/α,β-unsaturated/α-hetero) is 2. The van der Waals surface area contributed by atoms with E-state index in [1.54, 1.807) is 0 Å². The third kappa shape index (κ3) is 3.20. The van der Waals surface area contributed by atoms with Crippen LogP contribution in [0, 0.1) is 5.92 Å². The second-order valence-electron chi connectivity index (χ2n) is 7.13. The maximum absolute atomic E-state index is 12.9. The lowest BCUT2D eigenvalue weighted by Gasteiger charge is -2.24. The average Bonchev–Trinajstić information content (AvgIpc) is 3.12. The minimum absolute atomic E-state index is 0.0477. The zero-order valence-corrected chi connectivity index (χ0v) is 14.7. The number of carbonyl (C=O) groups is 2. The molecule has 2 heteroatoms. The molecule has 0 unspecified atom stereocenters. The van der Waals surface area contributed by atoms with Gasteiger partial charge in [-0.25, -0.2) is 0 Å². The summed E-state index contributed by atoms with van der Waals surface area (Å²) < 4.78 is 0. The van der Waals surface area contributed by atoms with Gasteiger partial charge in [0.15, 0.2) is 5.78 Å². The first-order valence-corrected chi connectivity index (χ1v) is 9.32. The number of hydrogen-bond donors (Lipinski definition) is 0. The number of carbonyl (C=O) groups excluding carboxylic acids is 2. The normalized spacial score (nSPS) is 18.2. The molecule has 1 fully saturated rings. The summed E-state index contributed by atoms with van der Waals surface area (Å²) in [5.74, 6) is 0.323. The second-order valence-corrected chi connectivity index (χ2v) is 7.13. The second kappa shape index (κ2) is 7.25. The van der Waals surface area contributed by atoms with Crippen LogP contribution < -0.4 is 0 Å². The predicted molar refractivity (Wildman–Crippen MR) is 104 cm³/mol. The highest BCUT2D eigenvalue weighted by Gasteiger charge is 2.35. The first-order valence-electron chi connectivity index (χ1n) is 9.32. The van der Waals surface area contributed by atoms with Gasteiger partial charge >= 0.3 is 0 Å². The molecule has 130 valence electrons. The van der Waals surface area contributed by atoms with Crippen LogP contribution in [0.1, 0.15) is 47.5 Å². The maximum atomic E-state index is 12.9. The van der Waals surface area contributed by atoms with Crippen molar-refractivity contribution in [3.8, 4) is 0 Å². The molecule has 2 atom stereocenters. The fraction of sp³-hybridized carbons (Fsp3) is 0.250. The summed E-state index contributed by atoms with van der Waals surface area (Å²) >= 11 is 0. The van der Waals surface area contributed by atoms with Gasteiger partial charge in [0.25, 0.3) is 0 Å². The molecule has 1 aliphatic carbocycles. The Labute approximate surface area is 153 Å². The molecular weight excluding hydrogens is 320 g/mol. The number of fused-ring (bicyclic) bond motifs is 1. The average molecular weight is 342 g/mol. The van der Waals surface area contributed by atoms with Crippen molar-refractivity contribution in [2.24, 2.45) is 5.92 Å². The predicted octanol–water partition coefficient (Wildman–Crippen LogP) is 5.57. The van der Waals surface area contributed by atoms with E-state index in [1.807, 2.05) is 48.5 Å². The van der Waals surface area contributed by atoms with E-state index in [4.69, 9.17) is 0 Å². The van der Waals surface area contributed by atoms with Crippen molar-refractivity contribution in [3.05, 3.63) is 83.9 Å². The standard InChI is InChI=1S/C24H22O2/c25-23-15-7-14-21(23)22(16-24(26)18-9-2-1-3-10-18)20-13-6-11-17-8-4-5-12-19(17)20/h1-6,8-13,21-22H,7,14-16H2/t21-,22-/m0/s1. The van der Waals surface area contributed by atoms with E-state index >= 15 is 0 Å². The van der Waals surface area contributed by atoms with Gasteiger partial charge in [-0.1, -0.05) is 72.8 Å². The molecule has 0 amide bonds. The molecule has 0 aliphatic heterocycles. The Kier molecular flexibility index (Phi) is 4.66. The fourth-order valence-corrected chi connectivity index (χ4v) is 4.25. The van der Waals surface area contributed by atoms with E-state index in [0.29, 0.717) is 18.6 Å². The molecule has 0 heterocycles. The first kappa shape index (κ1) is 16.7. The highest BCUT2D eigenvalue weighted by Crippen LogP contribution is 2.40. The van der Waals surface area contributed by atoms with Crippen LogP contribution in [0.4, 0.5) is 0 Å². The number of hydrogen-bond acceptors (Lipinski definition) is 2. The van der Waals surface area contributed by atoms with Crippen LogP contribution in [0.2, 0.25) is 0 Å². The monoisotopic (exact) mass is 342 g/mol. The fourth-order valence-electron chi connectivity index (χ4n) is 4.25. The molecule has 1 saturated carbocycles. The van der Waals surface area contributed by atoms with E-state index in [9.17, 15) is 9.59 Å². The molecule has 3 aromatic carbocycles. The van der Waals surface area contributed by atoms with Crippen LogP contribution >= 0.6 is 0 Å². The Morgan fingerprint density at radius 1 is 0.923 bits per heavy atom. The van der Waals surface area contributed by atoms with Crippen molar-refractivity contribution < 1.29 is 9.59 Å². The van der Waals surface area contributed by atoms with Gasteiger partial charge in [-0.3, -0.25) is 9.59 Å². The number of ketones is 2. The summed E-state index contributed by atoms with van der Waals surface area (Å²) in [6.07, 6.45) is 2.85. The van der Waals surface area contributed by atoms with Crippen molar-refractivity contribution in [2.45, 2.75) is 31.6 Å². The zero-order valence-electron chi connectivity index (χ0n) is 14.7. The van der Waals surface area contributed by atoms with E-state index in [1.165, 1.54) is 0 Å². The minimum Gasteiger partial charge on any atom is -0.299 e. The van der Waals surface area contributed by atoms with Crippen molar-refractivity contribution >= 4 is 22.3 Å². The topological polar surface area (TPSA) is 34.1 Å². The highest BCUT2D eigenvalue weighted by molar-refractivity contribution is 5.98. The quantitative estimate of drug-likeness (QED) is 0.568. The summed E-state index contributed by atoms with van der Waals surface area (Å²) in [4.78, 5) is 25.4. The summed E-state index contributed by atoms with van der Waals surface area (Å²) in [6, 6.07) is 23.9. The van der Waals surface area contributed by atoms with Crippen molar-refractivity contribution in [1.29, 1.82) is 0 Å². The number of rotatable bonds is 5. The lowest BCUT2D eigenvalue weighted by Crippen LogP contribution is -2.20. The molecule has 0 bridgehead atoms. The van der Waals surface area contributed by atoms with Crippen LogP contribution in [0.25, 0.3) is 10.8 Å². The largest absolute Gasteiger partial charge is 0.299 e. The molecule has 0 aromatic heterocycles. The molecule has 1 aliphatic rings. The summed E-state index contributed by atoms with van der Waals surface area (Å²) in [5.41, 5.74) is 1.86. The molecule has 0 N–H and O–H groups in total. The third-order valence-corrected chi connectivity index (χ3v) is 5.56. The Balaban J connectivity index is 1.76. The molecule has 3 aromatic rings. The van der Waals surface area contributed by atoms with E-state index in [2.05, 4.69) is 24.3 Å². The van der Waals surface area contributed by atoms with E-state index in [-0.39, 0.29) is 17.6 Å². The van der Waals surface area contributed by atoms with Crippen molar-refractivity contribution in [3.63, 3.8) is 0 Å². The minimum atomic E-state index is -0.0520. The van der Waals surface area contributed by atoms with Crippen LogP contribution in [0.5, 0.6) is 0 Å². The Hall–Kier alpha value is -2.74.